The van der Waals surface area contributed by atoms with Crippen LogP contribution in [0.15, 0.2) is 36.7 Å². The molecule has 0 spiro atoms. The number of nitrogens with one attached hydrogen (secondary N) is 1. The zero-order valence-electron chi connectivity index (χ0n) is 9.15. The fourth-order valence-electron chi connectivity index (χ4n) is 1.49. The van der Waals surface area contributed by atoms with Gasteiger partial charge in [0.2, 0.25) is 0 Å². The first-order chi connectivity index (χ1) is 7.75. The van der Waals surface area contributed by atoms with E-state index in [0.29, 0.717) is 0 Å². The van der Waals surface area contributed by atoms with Gasteiger partial charge in [-0.25, -0.2) is 4.98 Å². The highest BCUT2D eigenvalue weighted by Gasteiger charge is 1.98. The summed E-state index contributed by atoms with van der Waals surface area (Å²) in [5, 5.41) is 3.38. The molecule has 2 aromatic rings. The SMILES string of the molecule is Cn1ccnc1CNCc1ccc(I)cc1. The highest BCUT2D eigenvalue weighted by atomic mass is 127. The van der Waals surface area contributed by atoms with Crippen molar-refractivity contribution in [2.24, 2.45) is 7.05 Å². The Bertz CT molecular complexity index is 448. The number of hydrogen-bond donors (Lipinski definition) is 1. The Hall–Kier alpha value is -0.880. The second-order valence-electron chi connectivity index (χ2n) is 3.68. The molecular formula is C12H14IN3. The minimum Gasteiger partial charge on any atom is -0.337 e. The molecular weight excluding hydrogens is 313 g/mol. The number of aryl methyl sites for hydroxylation is 1. The quantitative estimate of drug-likeness (QED) is 0.874. The van der Waals surface area contributed by atoms with Crippen LogP contribution in [0.3, 0.4) is 0 Å². The summed E-state index contributed by atoms with van der Waals surface area (Å²) in [6.45, 7) is 1.68. The van der Waals surface area contributed by atoms with Crippen LogP contribution in [-0.4, -0.2) is 9.55 Å². The predicted octanol–water partition coefficient (Wildman–Crippen LogP) is 2.31. The molecule has 1 N–H and O–H groups in total. The van der Waals surface area contributed by atoms with E-state index in [2.05, 4.69) is 57.2 Å². The first kappa shape index (κ1) is 11.6. The molecule has 0 unspecified atom stereocenters. The zero-order valence-corrected chi connectivity index (χ0v) is 11.3. The van der Waals surface area contributed by atoms with E-state index in [1.165, 1.54) is 9.13 Å². The molecule has 0 atom stereocenters. The van der Waals surface area contributed by atoms with Crippen LogP contribution in [0.1, 0.15) is 11.4 Å². The van der Waals surface area contributed by atoms with Crippen LogP contribution >= 0.6 is 22.6 Å². The van der Waals surface area contributed by atoms with Crippen LogP contribution in [0.25, 0.3) is 0 Å². The van der Waals surface area contributed by atoms with E-state index in [1.54, 1.807) is 0 Å². The van der Waals surface area contributed by atoms with Crippen LogP contribution < -0.4 is 5.32 Å². The van der Waals surface area contributed by atoms with E-state index in [1.807, 2.05) is 24.0 Å². The Morgan fingerprint density at radius 3 is 2.62 bits per heavy atom. The fourth-order valence-corrected chi connectivity index (χ4v) is 1.85. The minimum atomic E-state index is 0.801. The summed E-state index contributed by atoms with van der Waals surface area (Å²) >= 11 is 2.31. The van der Waals surface area contributed by atoms with Crippen molar-refractivity contribution in [3.63, 3.8) is 0 Å². The zero-order chi connectivity index (χ0) is 11.4. The maximum Gasteiger partial charge on any atom is 0.122 e. The maximum atomic E-state index is 4.26. The largest absolute Gasteiger partial charge is 0.337 e. The van der Waals surface area contributed by atoms with Gasteiger partial charge in [-0.1, -0.05) is 12.1 Å². The summed E-state index contributed by atoms with van der Waals surface area (Å²) < 4.78 is 3.30. The van der Waals surface area contributed by atoms with Crippen molar-refractivity contribution in [3.05, 3.63) is 51.6 Å². The van der Waals surface area contributed by atoms with Crippen molar-refractivity contribution in [3.8, 4) is 0 Å². The van der Waals surface area contributed by atoms with E-state index in [9.17, 15) is 0 Å². The molecule has 0 saturated heterocycles. The smallest absolute Gasteiger partial charge is 0.122 e. The molecule has 0 aliphatic carbocycles. The lowest BCUT2D eigenvalue weighted by atomic mass is 10.2. The third-order valence-electron chi connectivity index (χ3n) is 2.45. The van der Waals surface area contributed by atoms with E-state index < -0.39 is 0 Å². The van der Waals surface area contributed by atoms with E-state index in [0.717, 1.165) is 18.9 Å². The number of imidazole rings is 1. The number of halogens is 1. The molecule has 0 aliphatic heterocycles. The Labute approximate surface area is 109 Å². The molecule has 1 aromatic carbocycles. The van der Waals surface area contributed by atoms with Crippen LogP contribution in [0.2, 0.25) is 0 Å². The fraction of sp³-hybridized carbons (Fsp3) is 0.250. The van der Waals surface area contributed by atoms with Crippen molar-refractivity contribution in [2.75, 3.05) is 0 Å². The van der Waals surface area contributed by atoms with Gasteiger partial charge in [0.1, 0.15) is 5.82 Å². The topological polar surface area (TPSA) is 29.9 Å². The highest BCUT2D eigenvalue weighted by molar-refractivity contribution is 14.1. The molecule has 4 heteroatoms. The second-order valence-corrected chi connectivity index (χ2v) is 4.93. The molecule has 2 rings (SSSR count). The van der Waals surface area contributed by atoms with Gasteiger partial charge in [-0.15, -0.1) is 0 Å². The summed E-state index contributed by atoms with van der Waals surface area (Å²) in [5.41, 5.74) is 1.30. The third kappa shape index (κ3) is 3.05. The van der Waals surface area contributed by atoms with Crippen molar-refractivity contribution < 1.29 is 0 Å². The Kier molecular flexibility index (Phi) is 3.95. The molecule has 0 bridgehead atoms. The van der Waals surface area contributed by atoms with Gasteiger partial charge in [0.05, 0.1) is 6.54 Å². The number of hydrogen-bond acceptors (Lipinski definition) is 2. The lowest BCUT2D eigenvalue weighted by molar-refractivity contribution is 0.639. The first-order valence-electron chi connectivity index (χ1n) is 5.17. The number of nitrogens with zero attached hydrogens (tertiary/aromatic N) is 2. The molecule has 1 aromatic heterocycles. The summed E-state index contributed by atoms with van der Waals surface area (Å²) in [4.78, 5) is 4.26. The van der Waals surface area contributed by atoms with Crippen LogP contribution in [-0.2, 0) is 20.1 Å². The van der Waals surface area contributed by atoms with Gasteiger partial charge >= 0.3 is 0 Å². The monoisotopic (exact) mass is 327 g/mol. The van der Waals surface area contributed by atoms with E-state index in [-0.39, 0.29) is 0 Å². The number of aromatic nitrogens is 2. The van der Waals surface area contributed by atoms with Gasteiger partial charge in [-0.05, 0) is 40.3 Å². The third-order valence-corrected chi connectivity index (χ3v) is 3.17. The normalized spacial score (nSPS) is 10.6. The highest BCUT2D eigenvalue weighted by Crippen LogP contribution is 2.06. The van der Waals surface area contributed by atoms with Gasteiger partial charge in [-0.3, -0.25) is 0 Å². The molecule has 0 radical (unpaired) electrons. The molecule has 16 heavy (non-hydrogen) atoms. The van der Waals surface area contributed by atoms with Crippen molar-refractivity contribution in [1.29, 1.82) is 0 Å². The van der Waals surface area contributed by atoms with Crippen molar-refractivity contribution in [2.45, 2.75) is 13.1 Å². The van der Waals surface area contributed by atoms with Crippen LogP contribution in [0, 0.1) is 3.57 Å². The first-order valence-corrected chi connectivity index (χ1v) is 6.25. The summed E-state index contributed by atoms with van der Waals surface area (Å²) in [6, 6.07) is 8.54. The molecule has 84 valence electrons. The van der Waals surface area contributed by atoms with E-state index in [4.69, 9.17) is 0 Å². The number of rotatable bonds is 4. The predicted molar refractivity (Wildman–Crippen MR) is 72.9 cm³/mol. The molecule has 0 fully saturated rings. The lowest BCUT2D eigenvalue weighted by Gasteiger charge is -2.05. The maximum absolute atomic E-state index is 4.26. The lowest BCUT2D eigenvalue weighted by Crippen LogP contribution is -2.15. The van der Waals surface area contributed by atoms with Gasteiger partial charge in [0.15, 0.2) is 0 Å². The standard InChI is InChI=1S/C12H14IN3/c1-16-7-6-15-12(16)9-14-8-10-2-4-11(13)5-3-10/h2-7,14H,8-9H2,1H3. The molecule has 0 saturated carbocycles. The summed E-state index contributed by atoms with van der Waals surface area (Å²) in [6.07, 6.45) is 3.78. The van der Waals surface area contributed by atoms with Crippen molar-refractivity contribution in [1.82, 2.24) is 14.9 Å². The molecule has 0 amide bonds. The van der Waals surface area contributed by atoms with Gasteiger partial charge in [0.25, 0.3) is 0 Å². The van der Waals surface area contributed by atoms with Gasteiger partial charge in [0, 0.05) is 29.6 Å². The van der Waals surface area contributed by atoms with Crippen LogP contribution in [0.4, 0.5) is 0 Å². The van der Waals surface area contributed by atoms with Gasteiger partial charge < -0.3 is 9.88 Å². The molecule has 0 aliphatic rings. The molecule has 3 nitrogen and oxygen atoms in total. The average molecular weight is 327 g/mol. The Morgan fingerprint density at radius 1 is 1.25 bits per heavy atom. The molecule has 1 heterocycles. The average Bonchev–Trinajstić information content (AvgIpc) is 2.68. The van der Waals surface area contributed by atoms with Crippen molar-refractivity contribution >= 4 is 22.6 Å². The van der Waals surface area contributed by atoms with Crippen LogP contribution in [0.5, 0.6) is 0 Å². The minimum absolute atomic E-state index is 0.801. The Morgan fingerprint density at radius 2 is 2.00 bits per heavy atom. The van der Waals surface area contributed by atoms with E-state index >= 15 is 0 Å². The summed E-state index contributed by atoms with van der Waals surface area (Å²) in [7, 11) is 2.01. The Balaban J connectivity index is 1.84. The number of benzene rings is 1. The summed E-state index contributed by atoms with van der Waals surface area (Å²) in [5.74, 6) is 1.06. The second kappa shape index (κ2) is 5.45. The van der Waals surface area contributed by atoms with Gasteiger partial charge in [-0.2, -0.15) is 0 Å².